The van der Waals surface area contributed by atoms with Crippen molar-refractivity contribution in [3.8, 4) is 0 Å². The summed E-state index contributed by atoms with van der Waals surface area (Å²) in [4.78, 5) is 10.8. The van der Waals surface area contributed by atoms with E-state index in [9.17, 15) is 9.90 Å². The Morgan fingerprint density at radius 1 is 1.40 bits per heavy atom. The molecule has 0 radical (unpaired) electrons. The molecule has 0 aliphatic heterocycles. The van der Waals surface area contributed by atoms with Gasteiger partial charge in [0.05, 0.1) is 12.0 Å². The molecule has 3 nitrogen and oxygen atoms in total. The number of aliphatic hydroxyl groups is 1. The number of hydrogen-bond donors (Lipinski definition) is 2. The van der Waals surface area contributed by atoms with Gasteiger partial charge in [0.1, 0.15) is 0 Å². The molecule has 0 saturated heterocycles. The van der Waals surface area contributed by atoms with Crippen LogP contribution in [0.2, 0.25) is 0 Å². The molecule has 0 heterocycles. The summed E-state index contributed by atoms with van der Waals surface area (Å²) < 4.78 is 0. The lowest BCUT2D eigenvalue weighted by atomic mass is 9.73. The van der Waals surface area contributed by atoms with E-state index in [0.717, 1.165) is 19.3 Å². The number of aliphatic hydroxyl groups excluding tert-OH is 1. The van der Waals surface area contributed by atoms with Crippen molar-refractivity contribution < 1.29 is 15.0 Å². The van der Waals surface area contributed by atoms with Crippen molar-refractivity contribution in [2.75, 3.05) is 0 Å². The predicted molar refractivity (Wildman–Crippen MR) is 60.7 cm³/mol. The number of rotatable bonds is 7. The molecule has 0 bridgehead atoms. The molecule has 0 amide bonds. The molecule has 0 fully saturated rings. The van der Waals surface area contributed by atoms with E-state index in [4.69, 9.17) is 5.11 Å². The van der Waals surface area contributed by atoms with E-state index >= 15 is 0 Å². The Labute approximate surface area is 92.5 Å². The Morgan fingerprint density at radius 3 is 2.27 bits per heavy atom. The van der Waals surface area contributed by atoms with Gasteiger partial charge >= 0.3 is 5.97 Å². The summed E-state index contributed by atoms with van der Waals surface area (Å²) in [6.45, 7) is 7.72. The summed E-state index contributed by atoms with van der Waals surface area (Å²) in [5, 5.41) is 18.9. The summed E-state index contributed by atoms with van der Waals surface area (Å²) in [5.41, 5.74) is -0.270. The maximum atomic E-state index is 10.8. The second-order valence-corrected chi connectivity index (χ2v) is 4.76. The van der Waals surface area contributed by atoms with Gasteiger partial charge in [-0.15, -0.1) is 0 Å². The third kappa shape index (κ3) is 4.20. The summed E-state index contributed by atoms with van der Waals surface area (Å²) in [5.74, 6) is -1.17. The Kier molecular flexibility index (Phi) is 5.88. The van der Waals surface area contributed by atoms with Crippen molar-refractivity contribution >= 4 is 5.97 Å². The SMILES string of the molecule is CCCC(O)C(C)(CC)CC(C)C(=O)O. The van der Waals surface area contributed by atoms with E-state index in [1.807, 2.05) is 20.8 Å². The molecule has 0 saturated carbocycles. The van der Waals surface area contributed by atoms with Crippen molar-refractivity contribution in [1.29, 1.82) is 0 Å². The fourth-order valence-electron chi connectivity index (χ4n) is 1.92. The van der Waals surface area contributed by atoms with E-state index in [1.165, 1.54) is 0 Å². The maximum absolute atomic E-state index is 10.8. The summed E-state index contributed by atoms with van der Waals surface area (Å²) >= 11 is 0. The molecule has 0 aromatic carbocycles. The van der Waals surface area contributed by atoms with Crippen molar-refractivity contribution in [2.45, 2.75) is 59.5 Å². The normalized spacial score (nSPS) is 19.3. The molecular weight excluding hydrogens is 192 g/mol. The van der Waals surface area contributed by atoms with Crippen molar-refractivity contribution in [1.82, 2.24) is 0 Å². The topological polar surface area (TPSA) is 57.5 Å². The zero-order chi connectivity index (χ0) is 12.1. The molecule has 0 aliphatic rings. The van der Waals surface area contributed by atoms with Crippen LogP contribution >= 0.6 is 0 Å². The highest BCUT2D eigenvalue weighted by Gasteiger charge is 2.33. The monoisotopic (exact) mass is 216 g/mol. The number of hydrogen-bond acceptors (Lipinski definition) is 2. The summed E-state index contributed by atoms with van der Waals surface area (Å²) in [6, 6.07) is 0. The lowest BCUT2D eigenvalue weighted by Gasteiger charge is -2.35. The molecule has 0 rings (SSSR count). The van der Waals surface area contributed by atoms with Crippen LogP contribution in [0.15, 0.2) is 0 Å². The Morgan fingerprint density at radius 2 is 1.93 bits per heavy atom. The van der Waals surface area contributed by atoms with Gasteiger partial charge in [-0.2, -0.15) is 0 Å². The van der Waals surface area contributed by atoms with E-state index in [1.54, 1.807) is 6.92 Å². The van der Waals surface area contributed by atoms with E-state index < -0.39 is 12.1 Å². The first kappa shape index (κ1) is 14.4. The lowest BCUT2D eigenvalue weighted by Crippen LogP contribution is -2.34. The minimum Gasteiger partial charge on any atom is -0.481 e. The van der Waals surface area contributed by atoms with Crippen LogP contribution in [-0.2, 0) is 4.79 Å². The first-order valence-corrected chi connectivity index (χ1v) is 5.78. The molecule has 3 heteroatoms. The van der Waals surface area contributed by atoms with Crippen LogP contribution in [0.25, 0.3) is 0 Å². The van der Waals surface area contributed by atoms with Crippen LogP contribution in [0.1, 0.15) is 53.4 Å². The zero-order valence-electron chi connectivity index (χ0n) is 10.3. The van der Waals surface area contributed by atoms with Crippen LogP contribution in [-0.4, -0.2) is 22.3 Å². The quantitative estimate of drug-likeness (QED) is 0.688. The molecule has 90 valence electrons. The highest BCUT2D eigenvalue weighted by atomic mass is 16.4. The molecule has 0 aromatic rings. The van der Waals surface area contributed by atoms with Gasteiger partial charge in [0.15, 0.2) is 0 Å². The first-order chi connectivity index (χ1) is 6.87. The molecule has 3 atom stereocenters. The zero-order valence-corrected chi connectivity index (χ0v) is 10.3. The largest absolute Gasteiger partial charge is 0.481 e. The van der Waals surface area contributed by atoms with Crippen molar-refractivity contribution in [2.24, 2.45) is 11.3 Å². The van der Waals surface area contributed by atoms with Gasteiger partial charge in [0.25, 0.3) is 0 Å². The van der Waals surface area contributed by atoms with Gasteiger partial charge in [-0.3, -0.25) is 4.79 Å². The standard InChI is InChI=1S/C12H24O3/c1-5-7-10(13)12(4,6-2)8-9(3)11(14)15/h9-10,13H,5-8H2,1-4H3,(H,14,15). The van der Waals surface area contributed by atoms with Crippen LogP contribution in [0.5, 0.6) is 0 Å². The minimum absolute atomic E-state index is 0.270. The highest BCUT2D eigenvalue weighted by Crippen LogP contribution is 2.35. The van der Waals surface area contributed by atoms with Crippen LogP contribution in [0, 0.1) is 11.3 Å². The third-order valence-electron chi connectivity index (χ3n) is 3.37. The van der Waals surface area contributed by atoms with Gasteiger partial charge in [0, 0.05) is 0 Å². The van der Waals surface area contributed by atoms with Crippen LogP contribution in [0.3, 0.4) is 0 Å². The third-order valence-corrected chi connectivity index (χ3v) is 3.37. The van der Waals surface area contributed by atoms with Gasteiger partial charge in [-0.1, -0.05) is 34.1 Å². The average Bonchev–Trinajstić information content (AvgIpc) is 2.17. The molecule has 0 aromatic heterocycles. The van der Waals surface area contributed by atoms with Crippen LogP contribution in [0.4, 0.5) is 0 Å². The Balaban J connectivity index is 4.48. The lowest BCUT2D eigenvalue weighted by molar-refractivity contribution is -0.143. The summed E-state index contributed by atoms with van der Waals surface area (Å²) in [7, 11) is 0. The van der Waals surface area contributed by atoms with Crippen molar-refractivity contribution in [3.63, 3.8) is 0 Å². The van der Waals surface area contributed by atoms with Gasteiger partial charge < -0.3 is 10.2 Å². The number of carboxylic acids is 1. The minimum atomic E-state index is -0.779. The molecule has 2 N–H and O–H groups in total. The van der Waals surface area contributed by atoms with Crippen molar-refractivity contribution in [3.05, 3.63) is 0 Å². The molecular formula is C12H24O3. The smallest absolute Gasteiger partial charge is 0.306 e. The molecule has 0 aliphatic carbocycles. The van der Waals surface area contributed by atoms with E-state index in [2.05, 4.69) is 0 Å². The average molecular weight is 216 g/mol. The summed E-state index contributed by atoms with van der Waals surface area (Å²) in [6.07, 6.45) is 2.63. The maximum Gasteiger partial charge on any atom is 0.306 e. The fourth-order valence-corrected chi connectivity index (χ4v) is 1.92. The van der Waals surface area contributed by atoms with Gasteiger partial charge in [-0.05, 0) is 24.7 Å². The molecule has 15 heavy (non-hydrogen) atoms. The van der Waals surface area contributed by atoms with E-state index in [0.29, 0.717) is 6.42 Å². The second-order valence-electron chi connectivity index (χ2n) is 4.76. The van der Waals surface area contributed by atoms with Gasteiger partial charge in [0.2, 0.25) is 0 Å². The number of aliphatic carboxylic acids is 1. The van der Waals surface area contributed by atoms with E-state index in [-0.39, 0.29) is 11.3 Å². The first-order valence-electron chi connectivity index (χ1n) is 5.78. The highest BCUT2D eigenvalue weighted by molar-refractivity contribution is 5.69. The predicted octanol–water partition coefficient (Wildman–Crippen LogP) is 2.67. The Hall–Kier alpha value is -0.570. The number of carboxylic acid groups (broad SMARTS) is 1. The fraction of sp³-hybridized carbons (Fsp3) is 0.917. The Bertz CT molecular complexity index is 203. The molecule has 3 unspecified atom stereocenters. The van der Waals surface area contributed by atoms with Gasteiger partial charge in [-0.25, -0.2) is 0 Å². The molecule has 0 spiro atoms. The number of carbonyl (C=O) groups is 1. The van der Waals surface area contributed by atoms with Crippen LogP contribution < -0.4 is 0 Å². The second kappa shape index (κ2) is 6.11.